The molecule has 0 bridgehead atoms. The minimum Gasteiger partial charge on any atom is -0.478 e. The SMILES string of the molecule is CC1CCCN(C(=O)c2ccncc2C(=O)O)C1C. The van der Waals surface area contributed by atoms with Crippen molar-refractivity contribution in [1.29, 1.82) is 0 Å². The molecule has 102 valence electrons. The molecule has 5 heteroatoms. The molecular formula is C14H18N2O3. The number of carboxylic acids is 1. The molecule has 1 aromatic heterocycles. The summed E-state index contributed by atoms with van der Waals surface area (Å²) in [6.07, 6.45) is 4.75. The van der Waals surface area contributed by atoms with Gasteiger partial charge in [-0.2, -0.15) is 0 Å². The van der Waals surface area contributed by atoms with Crippen molar-refractivity contribution in [3.8, 4) is 0 Å². The maximum atomic E-state index is 12.5. The van der Waals surface area contributed by atoms with Gasteiger partial charge in [-0.05, 0) is 31.7 Å². The number of nitrogens with zero attached hydrogens (tertiary/aromatic N) is 2. The van der Waals surface area contributed by atoms with Gasteiger partial charge in [-0.1, -0.05) is 6.92 Å². The Morgan fingerprint density at radius 3 is 2.79 bits per heavy atom. The Hall–Kier alpha value is -1.91. The number of hydrogen-bond acceptors (Lipinski definition) is 3. The lowest BCUT2D eigenvalue weighted by Gasteiger charge is -2.38. The molecule has 2 unspecified atom stereocenters. The van der Waals surface area contributed by atoms with Gasteiger partial charge in [-0.3, -0.25) is 9.78 Å². The second-order valence-electron chi connectivity index (χ2n) is 5.09. The van der Waals surface area contributed by atoms with Crippen molar-refractivity contribution in [3.63, 3.8) is 0 Å². The van der Waals surface area contributed by atoms with Crippen LogP contribution in [0.1, 0.15) is 47.4 Å². The Bertz CT molecular complexity index is 501. The second-order valence-corrected chi connectivity index (χ2v) is 5.09. The van der Waals surface area contributed by atoms with Gasteiger partial charge < -0.3 is 10.0 Å². The van der Waals surface area contributed by atoms with Crippen LogP contribution in [0, 0.1) is 5.92 Å². The highest BCUT2D eigenvalue weighted by molar-refractivity contribution is 6.04. The van der Waals surface area contributed by atoms with E-state index in [2.05, 4.69) is 11.9 Å². The summed E-state index contributed by atoms with van der Waals surface area (Å²) in [6.45, 7) is 4.82. The Balaban J connectivity index is 2.31. The quantitative estimate of drug-likeness (QED) is 0.885. The third-order valence-electron chi connectivity index (χ3n) is 3.92. The molecule has 1 fully saturated rings. The maximum absolute atomic E-state index is 12.5. The Morgan fingerprint density at radius 2 is 2.11 bits per heavy atom. The summed E-state index contributed by atoms with van der Waals surface area (Å²) in [5.74, 6) is -0.888. The summed E-state index contributed by atoms with van der Waals surface area (Å²) < 4.78 is 0. The summed E-state index contributed by atoms with van der Waals surface area (Å²) in [6, 6.07) is 1.62. The van der Waals surface area contributed by atoms with Crippen LogP contribution in [0.25, 0.3) is 0 Å². The number of aromatic carboxylic acids is 1. The molecule has 19 heavy (non-hydrogen) atoms. The van der Waals surface area contributed by atoms with Gasteiger partial charge in [-0.15, -0.1) is 0 Å². The fourth-order valence-electron chi connectivity index (χ4n) is 2.53. The maximum Gasteiger partial charge on any atom is 0.338 e. The van der Waals surface area contributed by atoms with Gasteiger partial charge in [0.15, 0.2) is 0 Å². The highest BCUT2D eigenvalue weighted by Crippen LogP contribution is 2.25. The molecule has 1 aliphatic rings. The van der Waals surface area contributed by atoms with E-state index >= 15 is 0 Å². The summed E-state index contributed by atoms with van der Waals surface area (Å²) in [5.41, 5.74) is 0.196. The lowest BCUT2D eigenvalue weighted by Crippen LogP contribution is -2.46. The van der Waals surface area contributed by atoms with E-state index in [0.717, 1.165) is 12.8 Å². The summed E-state index contributed by atoms with van der Waals surface area (Å²) in [5, 5.41) is 9.12. The fourth-order valence-corrected chi connectivity index (χ4v) is 2.53. The molecule has 1 amide bonds. The first kappa shape index (κ1) is 13.5. The molecule has 1 saturated heterocycles. The zero-order chi connectivity index (χ0) is 14.0. The molecule has 1 aliphatic heterocycles. The topological polar surface area (TPSA) is 70.5 Å². The molecule has 0 saturated carbocycles. The van der Waals surface area contributed by atoms with Crippen molar-refractivity contribution in [1.82, 2.24) is 9.88 Å². The largest absolute Gasteiger partial charge is 0.478 e. The van der Waals surface area contributed by atoms with Crippen LogP contribution < -0.4 is 0 Å². The number of carbonyl (C=O) groups is 2. The number of carbonyl (C=O) groups excluding carboxylic acids is 1. The van der Waals surface area contributed by atoms with Gasteiger partial charge in [-0.25, -0.2) is 4.79 Å². The normalized spacial score (nSPS) is 23.2. The molecule has 2 rings (SSSR count). The minimum atomic E-state index is -1.12. The Morgan fingerprint density at radius 1 is 1.37 bits per heavy atom. The number of amides is 1. The van der Waals surface area contributed by atoms with Crippen molar-refractivity contribution >= 4 is 11.9 Å². The number of hydrogen-bond donors (Lipinski definition) is 1. The first-order valence-corrected chi connectivity index (χ1v) is 6.50. The predicted molar refractivity (Wildman–Crippen MR) is 70.1 cm³/mol. The lowest BCUT2D eigenvalue weighted by molar-refractivity contribution is 0.0539. The van der Waals surface area contributed by atoms with Crippen LogP contribution in [0.2, 0.25) is 0 Å². The van der Waals surface area contributed by atoms with Gasteiger partial charge in [0.2, 0.25) is 0 Å². The molecule has 1 aromatic rings. The van der Waals surface area contributed by atoms with Gasteiger partial charge in [0, 0.05) is 25.0 Å². The average molecular weight is 262 g/mol. The number of piperidine rings is 1. The molecule has 0 aromatic carbocycles. The number of carboxylic acid groups (broad SMARTS) is 1. The molecule has 0 radical (unpaired) electrons. The van der Waals surface area contributed by atoms with Gasteiger partial charge >= 0.3 is 5.97 Å². The molecular weight excluding hydrogens is 244 g/mol. The van der Waals surface area contributed by atoms with Gasteiger partial charge in [0.05, 0.1) is 11.1 Å². The minimum absolute atomic E-state index is 0.0297. The Kier molecular flexibility index (Phi) is 3.83. The molecule has 2 atom stereocenters. The van der Waals surface area contributed by atoms with Crippen molar-refractivity contribution in [2.45, 2.75) is 32.7 Å². The van der Waals surface area contributed by atoms with Crippen molar-refractivity contribution in [3.05, 3.63) is 29.6 Å². The zero-order valence-corrected chi connectivity index (χ0v) is 11.2. The van der Waals surface area contributed by atoms with Crippen LogP contribution in [-0.2, 0) is 0 Å². The standard InChI is InChI=1S/C14H18N2O3/c1-9-4-3-7-16(10(9)2)13(17)11-5-6-15-8-12(11)14(18)19/h5-6,8-10H,3-4,7H2,1-2H3,(H,18,19). The third-order valence-corrected chi connectivity index (χ3v) is 3.92. The van der Waals surface area contributed by atoms with Crippen LogP contribution in [0.4, 0.5) is 0 Å². The van der Waals surface area contributed by atoms with Crippen LogP contribution in [0.3, 0.4) is 0 Å². The zero-order valence-electron chi connectivity index (χ0n) is 11.2. The highest BCUT2D eigenvalue weighted by atomic mass is 16.4. The first-order chi connectivity index (χ1) is 9.02. The predicted octanol–water partition coefficient (Wildman–Crippen LogP) is 2.04. The number of likely N-dealkylation sites (tertiary alicyclic amines) is 1. The van der Waals surface area contributed by atoms with Crippen LogP contribution in [0.5, 0.6) is 0 Å². The van der Waals surface area contributed by atoms with Crippen LogP contribution >= 0.6 is 0 Å². The van der Waals surface area contributed by atoms with Crippen molar-refractivity contribution in [2.75, 3.05) is 6.54 Å². The first-order valence-electron chi connectivity index (χ1n) is 6.50. The average Bonchev–Trinajstić information content (AvgIpc) is 2.41. The summed E-state index contributed by atoms with van der Waals surface area (Å²) in [7, 11) is 0. The lowest BCUT2D eigenvalue weighted by atomic mass is 9.91. The fraction of sp³-hybridized carbons (Fsp3) is 0.500. The van der Waals surface area contributed by atoms with Crippen molar-refractivity contribution < 1.29 is 14.7 Å². The van der Waals surface area contributed by atoms with Crippen LogP contribution in [0.15, 0.2) is 18.5 Å². The van der Waals surface area contributed by atoms with Gasteiger partial charge in [0.1, 0.15) is 0 Å². The molecule has 2 heterocycles. The van der Waals surface area contributed by atoms with E-state index in [-0.39, 0.29) is 23.1 Å². The molecule has 0 aliphatic carbocycles. The van der Waals surface area contributed by atoms with E-state index in [1.54, 1.807) is 4.90 Å². The van der Waals surface area contributed by atoms with Crippen LogP contribution in [-0.4, -0.2) is 39.5 Å². The smallest absolute Gasteiger partial charge is 0.338 e. The highest BCUT2D eigenvalue weighted by Gasteiger charge is 2.30. The molecule has 5 nitrogen and oxygen atoms in total. The monoisotopic (exact) mass is 262 g/mol. The molecule has 0 spiro atoms. The van der Waals surface area contributed by atoms with E-state index in [0.29, 0.717) is 12.5 Å². The summed E-state index contributed by atoms with van der Waals surface area (Å²) in [4.78, 5) is 29.2. The van der Waals surface area contributed by atoms with Crippen molar-refractivity contribution in [2.24, 2.45) is 5.92 Å². The van der Waals surface area contributed by atoms with E-state index in [9.17, 15) is 9.59 Å². The second kappa shape index (κ2) is 5.38. The summed E-state index contributed by atoms with van der Waals surface area (Å²) >= 11 is 0. The number of rotatable bonds is 2. The van der Waals surface area contributed by atoms with E-state index in [1.807, 2.05) is 6.92 Å². The number of aromatic nitrogens is 1. The van der Waals surface area contributed by atoms with Gasteiger partial charge in [0.25, 0.3) is 5.91 Å². The molecule has 1 N–H and O–H groups in total. The van der Waals surface area contributed by atoms with E-state index < -0.39 is 5.97 Å². The third kappa shape index (κ3) is 2.59. The number of pyridine rings is 1. The Labute approximate surface area is 112 Å². The van der Waals surface area contributed by atoms with E-state index in [4.69, 9.17) is 5.11 Å². The van der Waals surface area contributed by atoms with E-state index in [1.165, 1.54) is 18.5 Å².